The van der Waals surface area contributed by atoms with Crippen molar-refractivity contribution in [2.24, 2.45) is 10.9 Å². The first kappa shape index (κ1) is 17.7. The molecule has 2 aliphatic rings. The summed E-state index contributed by atoms with van der Waals surface area (Å²) in [5.41, 5.74) is 1.32. The fraction of sp³-hybridized carbons (Fsp3) is 0.500. The zero-order valence-corrected chi connectivity index (χ0v) is 15.8. The highest BCUT2D eigenvalue weighted by Gasteiger charge is 2.24. The fourth-order valence-corrected chi connectivity index (χ4v) is 3.69. The van der Waals surface area contributed by atoms with Crippen LogP contribution in [0.1, 0.15) is 51.3 Å². The summed E-state index contributed by atoms with van der Waals surface area (Å²) in [6, 6.07) is 0.263. The summed E-state index contributed by atoms with van der Waals surface area (Å²) < 4.78 is 7.61. The number of H-pyrrole nitrogens is 1. The van der Waals surface area contributed by atoms with Crippen LogP contribution in [0.4, 0.5) is 0 Å². The Morgan fingerprint density at radius 3 is 2.81 bits per heavy atom. The Bertz CT molecular complexity index is 976. The number of aromatic amines is 1. The molecule has 1 N–H and O–H groups in total. The maximum Gasteiger partial charge on any atom is 0.302 e. The molecular weight excluding hydrogens is 342 g/mol. The molecule has 0 saturated heterocycles. The lowest BCUT2D eigenvalue weighted by Gasteiger charge is -2.20. The van der Waals surface area contributed by atoms with Crippen LogP contribution in [0.15, 0.2) is 34.2 Å². The highest BCUT2D eigenvalue weighted by Crippen LogP contribution is 2.33. The summed E-state index contributed by atoms with van der Waals surface area (Å²) in [5, 5.41) is 0. The van der Waals surface area contributed by atoms with Gasteiger partial charge in [-0.25, -0.2) is 4.98 Å². The fourth-order valence-electron chi connectivity index (χ4n) is 3.69. The summed E-state index contributed by atoms with van der Waals surface area (Å²) in [6.45, 7) is 8.54. The minimum absolute atomic E-state index is 0.144. The molecule has 1 aliphatic heterocycles. The van der Waals surface area contributed by atoms with Crippen molar-refractivity contribution >= 4 is 17.4 Å². The molecule has 1 saturated carbocycles. The highest BCUT2D eigenvalue weighted by molar-refractivity contribution is 5.74. The first-order chi connectivity index (χ1) is 13.0. The minimum Gasteiger partial charge on any atom is -0.450 e. The smallest absolute Gasteiger partial charge is 0.302 e. The van der Waals surface area contributed by atoms with Gasteiger partial charge in [0.1, 0.15) is 5.82 Å². The van der Waals surface area contributed by atoms with E-state index in [9.17, 15) is 4.79 Å². The number of ether oxygens (including phenoxy) is 1. The molecule has 0 aromatic carbocycles. The molecule has 0 spiro atoms. The lowest BCUT2D eigenvalue weighted by atomic mass is 10.1. The van der Waals surface area contributed by atoms with Crippen LogP contribution < -0.4 is 10.3 Å². The van der Waals surface area contributed by atoms with Crippen LogP contribution in [-0.2, 0) is 6.54 Å². The molecule has 0 amide bonds. The molecule has 3 heterocycles. The zero-order valence-electron chi connectivity index (χ0n) is 15.8. The maximum atomic E-state index is 13.1. The van der Waals surface area contributed by atoms with Crippen LogP contribution in [0.3, 0.4) is 0 Å². The number of nitrogens with zero attached hydrogens (tertiary/aromatic N) is 4. The first-order valence-corrected chi connectivity index (χ1v) is 9.59. The lowest BCUT2D eigenvalue weighted by Crippen LogP contribution is -2.29. The molecule has 27 heavy (non-hydrogen) atoms. The number of allylic oxidation sites excluding steroid dienone is 1. The average Bonchev–Trinajstić information content (AvgIpc) is 3.29. The Morgan fingerprint density at radius 2 is 2.11 bits per heavy atom. The predicted octanol–water partition coefficient (Wildman–Crippen LogP) is 3.33. The monoisotopic (exact) mass is 367 g/mol. The van der Waals surface area contributed by atoms with Gasteiger partial charge in [-0.3, -0.25) is 14.4 Å². The van der Waals surface area contributed by atoms with Crippen molar-refractivity contribution in [3.63, 3.8) is 0 Å². The minimum atomic E-state index is -0.439. The van der Waals surface area contributed by atoms with E-state index in [0.29, 0.717) is 29.3 Å². The van der Waals surface area contributed by atoms with Gasteiger partial charge in [-0.15, -0.1) is 0 Å². The summed E-state index contributed by atoms with van der Waals surface area (Å²) in [4.78, 5) is 29.8. The molecule has 142 valence electrons. The van der Waals surface area contributed by atoms with Gasteiger partial charge in [0.25, 0.3) is 5.56 Å². The van der Waals surface area contributed by atoms with Crippen LogP contribution in [-0.4, -0.2) is 31.8 Å². The number of nitrogens with one attached hydrogen (secondary N) is 1. The van der Waals surface area contributed by atoms with Crippen molar-refractivity contribution in [1.29, 1.82) is 0 Å². The molecule has 0 bridgehead atoms. The Balaban J connectivity index is 1.77. The summed E-state index contributed by atoms with van der Waals surface area (Å²) in [7, 11) is 0. The van der Waals surface area contributed by atoms with Crippen LogP contribution >= 0.6 is 0 Å². The van der Waals surface area contributed by atoms with Crippen LogP contribution in [0, 0.1) is 5.92 Å². The van der Waals surface area contributed by atoms with Gasteiger partial charge < -0.3 is 9.72 Å². The lowest BCUT2D eigenvalue weighted by molar-refractivity contribution is 0.238. The van der Waals surface area contributed by atoms with E-state index in [1.54, 1.807) is 16.9 Å². The maximum absolute atomic E-state index is 13.1. The van der Waals surface area contributed by atoms with E-state index < -0.39 is 6.10 Å². The molecule has 2 aromatic heterocycles. The van der Waals surface area contributed by atoms with Gasteiger partial charge in [0.2, 0.25) is 0 Å². The Kier molecular flexibility index (Phi) is 4.68. The topological polar surface area (TPSA) is 85.2 Å². The third kappa shape index (κ3) is 3.46. The van der Waals surface area contributed by atoms with Crippen LogP contribution in [0.5, 0.6) is 6.01 Å². The third-order valence-electron chi connectivity index (χ3n) is 5.06. The van der Waals surface area contributed by atoms with Gasteiger partial charge in [-0.05, 0) is 30.9 Å². The largest absolute Gasteiger partial charge is 0.450 e. The van der Waals surface area contributed by atoms with Crippen molar-refractivity contribution in [3.05, 3.63) is 40.6 Å². The second-order valence-corrected chi connectivity index (χ2v) is 7.70. The number of hydrogen-bond donors (Lipinski definition) is 1. The van der Waals surface area contributed by atoms with E-state index in [2.05, 4.69) is 40.4 Å². The second-order valence-electron chi connectivity index (χ2n) is 7.70. The molecule has 7 heteroatoms. The summed E-state index contributed by atoms with van der Waals surface area (Å²) in [6.07, 6.45) is 9.50. The van der Waals surface area contributed by atoms with Crippen LogP contribution in [0.25, 0.3) is 11.2 Å². The first-order valence-electron chi connectivity index (χ1n) is 9.59. The van der Waals surface area contributed by atoms with E-state index in [1.165, 1.54) is 12.8 Å². The highest BCUT2D eigenvalue weighted by atomic mass is 16.5. The van der Waals surface area contributed by atoms with E-state index in [1.807, 2.05) is 6.08 Å². The van der Waals surface area contributed by atoms with Gasteiger partial charge in [0.05, 0.1) is 5.70 Å². The van der Waals surface area contributed by atoms with E-state index in [-0.39, 0.29) is 17.5 Å². The van der Waals surface area contributed by atoms with Gasteiger partial charge in [-0.1, -0.05) is 33.3 Å². The Hall–Kier alpha value is -2.70. The molecule has 1 fully saturated rings. The molecule has 4 rings (SSSR count). The zero-order chi connectivity index (χ0) is 19.0. The van der Waals surface area contributed by atoms with Gasteiger partial charge in [0.15, 0.2) is 17.3 Å². The van der Waals surface area contributed by atoms with Crippen molar-refractivity contribution in [3.8, 4) is 6.01 Å². The molecule has 1 unspecified atom stereocenters. The molecule has 1 atom stereocenters. The van der Waals surface area contributed by atoms with E-state index >= 15 is 0 Å². The molecule has 7 nitrogen and oxygen atoms in total. The third-order valence-corrected chi connectivity index (χ3v) is 5.06. The van der Waals surface area contributed by atoms with Crippen LogP contribution in [0.2, 0.25) is 0 Å². The number of imidazole rings is 1. The van der Waals surface area contributed by atoms with Gasteiger partial charge in [-0.2, -0.15) is 4.98 Å². The average molecular weight is 367 g/mol. The predicted molar refractivity (Wildman–Crippen MR) is 105 cm³/mol. The molecular formula is C20H25N5O2. The number of aromatic nitrogens is 4. The number of rotatable bonds is 5. The molecule has 0 radical (unpaired) electrons. The standard InChI is InChI=1S/C20H25N5O2/c1-12(2)11-25-19(26)16-18(23-17(22-16)14-7-4-5-8-14)24-20(25)27-15-9-6-10-21-13(15)3/h6,9-10,12,14-15H,3-5,7-8,11H2,1-2H3,(H,22,23). The number of aliphatic imine (C=N–C) groups is 1. The van der Waals surface area contributed by atoms with E-state index in [4.69, 9.17) is 4.74 Å². The normalized spacial score (nSPS) is 20.3. The van der Waals surface area contributed by atoms with E-state index in [0.717, 1.165) is 18.7 Å². The Labute approximate surface area is 157 Å². The van der Waals surface area contributed by atoms with Crippen molar-refractivity contribution in [2.45, 2.75) is 58.1 Å². The molecule has 1 aliphatic carbocycles. The number of dihydropyridines is 1. The van der Waals surface area contributed by atoms with Crippen molar-refractivity contribution < 1.29 is 4.74 Å². The summed E-state index contributed by atoms with van der Waals surface area (Å²) >= 11 is 0. The Morgan fingerprint density at radius 1 is 1.33 bits per heavy atom. The quantitative estimate of drug-likeness (QED) is 0.878. The SMILES string of the molecule is C=C1N=CC=CC1Oc1nc2nc(C3CCCC3)[nH]c2c(=O)n1CC(C)C. The number of hydrogen-bond acceptors (Lipinski definition) is 5. The molecule has 2 aromatic rings. The van der Waals surface area contributed by atoms with Crippen molar-refractivity contribution in [1.82, 2.24) is 19.5 Å². The van der Waals surface area contributed by atoms with Crippen molar-refractivity contribution in [2.75, 3.05) is 0 Å². The van der Waals surface area contributed by atoms with Gasteiger partial charge >= 0.3 is 6.01 Å². The second kappa shape index (κ2) is 7.13. The number of fused-ring (bicyclic) bond motifs is 1. The summed E-state index contributed by atoms with van der Waals surface area (Å²) in [5.74, 6) is 1.52. The van der Waals surface area contributed by atoms with Gasteiger partial charge in [0, 0.05) is 18.7 Å².